The monoisotopic (exact) mass is 1380 g/mol. The molecule has 0 aliphatic heterocycles. The summed E-state index contributed by atoms with van der Waals surface area (Å²) in [5, 5.41) is 32.7. The van der Waals surface area contributed by atoms with E-state index in [1.165, 1.54) is 0 Å². The Balaban J connectivity index is 10.9. The van der Waals surface area contributed by atoms with Gasteiger partial charge in [-0.1, -0.05) is 173 Å². The van der Waals surface area contributed by atoms with Crippen LogP contribution in [0.2, 0.25) is 0 Å². The van der Waals surface area contributed by atoms with E-state index >= 15 is 5.11 Å². The fraction of sp³-hybridized carbons (Fsp3) is 1.00. The van der Waals surface area contributed by atoms with Crippen molar-refractivity contribution in [3.05, 3.63) is 0 Å². The van der Waals surface area contributed by atoms with Crippen LogP contribution in [0.3, 0.4) is 0 Å². The molecule has 0 fully saturated rings. The molecular weight excluding hydrogens is 1200 g/mol. The van der Waals surface area contributed by atoms with Gasteiger partial charge in [0.2, 0.25) is 0 Å². The summed E-state index contributed by atoms with van der Waals surface area (Å²) in [4.78, 5) is 4.88. The summed E-state index contributed by atoms with van der Waals surface area (Å²) in [5.41, 5.74) is -8.45. The van der Waals surface area contributed by atoms with Crippen molar-refractivity contribution in [2.24, 2.45) is 56.2 Å². The molecule has 0 heterocycles. The molecule has 9 unspecified atom stereocenters. The summed E-state index contributed by atoms with van der Waals surface area (Å²) in [6.07, 6.45) is 13.2. The van der Waals surface area contributed by atoms with E-state index in [1.807, 2.05) is 0 Å². The third kappa shape index (κ3) is 14.9. The van der Waals surface area contributed by atoms with Crippen LogP contribution in [0.5, 0.6) is 0 Å². The third-order valence-electron chi connectivity index (χ3n) is 29.8. The Hall–Kier alpha value is -0.560. The number of likely N-dealkylation sites (N-methyl/N-ethyl adjacent to an activating group) is 8. The first-order chi connectivity index (χ1) is 43.6. The highest BCUT2D eigenvalue weighted by Crippen LogP contribution is 2.69. The van der Waals surface area contributed by atoms with Gasteiger partial charge in [-0.15, -0.1) is 0 Å². The largest absolute Gasteiger partial charge is 0.386 e. The van der Waals surface area contributed by atoms with E-state index in [0.29, 0.717) is 56.0 Å². The van der Waals surface area contributed by atoms with Crippen molar-refractivity contribution in [3.8, 4) is 0 Å². The first-order valence-electron chi connectivity index (χ1n) is 39.8. The van der Waals surface area contributed by atoms with Crippen LogP contribution in [0.1, 0.15) is 290 Å². The maximum absolute atomic E-state index is 16.3. The van der Waals surface area contributed by atoms with E-state index in [-0.39, 0.29) is 44.8 Å². The van der Waals surface area contributed by atoms with Gasteiger partial charge < -0.3 is 28.9 Å². The van der Waals surface area contributed by atoms with E-state index < -0.39 is 62.1 Å². The molecule has 0 saturated heterocycles. The maximum Gasteiger partial charge on any atom is 0.320 e. The number of hydrogen-bond donors (Lipinski definition) is 5. The van der Waals surface area contributed by atoms with E-state index in [0.717, 1.165) is 70.6 Å². The first kappa shape index (κ1) is 96.4. The quantitative estimate of drug-likeness (QED) is 0.0299. The molecule has 0 aliphatic rings. The average Bonchev–Trinajstić information content (AvgIpc) is 0.657. The highest BCUT2D eigenvalue weighted by molar-refractivity contribution is 5.25. The highest BCUT2D eigenvalue weighted by Gasteiger charge is 2.84. The summed E-state index contributed by atoms with van der Waals surface area (Å²) in [5.74, 6) is -2.51. The summed E-state index contributed by atoms with van der Waals surface area (Å²) in [6, 6.07) is 0. The SMILES string of the molecule is CCC(CC)(CCC(C)(C)CCC(C(C)C)(C(C)(O)C(CC)(CC)OC(NC)(N(C)C)C(NC)(C(C)C)C(C)(CC)CC)C(N(C)C)(C(CC)(CC)OC(NC)(C(C)(C(C)(CC)CC)[N+](C)(C)C)[N+](C)(C)C)[N+](C)(C)C)OC(NC)(C(C(C)C)C(CC)(CC)C(C)(C)C)[N+](C)(C)C. The molecule has 0 spiro atoms. The van der Waals surface area contributed by atoms with Gasteiger partial charge in [0.05, 0.1) is 107 Å². The van der Waals surface area contributed by atoms with Crippen LogP contribution in [-0.2, 0) is 14.2 Å². The number of nitrogens with one attached hydrogen (secondary N) is 4. The fourth-order valence-electron chi connectivity index (χ4n) is 23.5. The molecule has 97 heavy (non-hydrogen) atoms. The van der Waals surface area contributed by atoms with E-state index in [4.69, 9.17) is 9.47 Å². The first-order valence-corrected chi connectivity index (χ1v) is 39.8. The number of ether oxygens (including phenoxy) is 3. The lowest BCUT2D eigenvalue weighted by Gasteiger charge is -2.74. The summed E-state index contributed by atoms with van der Waals surface area (Å²) in [6.45, 7) is 65.2. The minimum atomic E-state index is -1.63. The topological polar surface area (TPSA) is 103 Å². The molecule has 0 bridgehead atoms. The van der Waals surface area contributed by atoms with Crippen LogP contribution in [0.15, 0.2) is 0 Å². The Kier molecular flexibility index (Phi) is 32.9. The molecule has 9 atom stereocenters. The fourth-order valence-corrected chi connectivity index (χ4v) is 23.5. The van der Waals surface area contributed by atoms with Gasteiger partial charge in [-0.2, -0.15) is 0 Å². The second-order valence-corrected chi connectivity index (χ2v) is 38.9. The van der Waals surface area contributed by atoms with Gasteiger partial charge in [0.15, 0.2) is 17.1 Å². The lowest BCUT2D eigenvalue weighted by Crippen LogP contribution is -2.93. The molecule has 0 aromatic carbocycles. The second kappa shape index (κ2) is 33.1. The Morgan fingerprint density at radius 1 is 0.402 bits per heavy atom. The van der Waals surface area contributed by atoms with E-state index in [2.05, 4.69) is 359 Å². The molecule has 14 nitrogen and oxygen atoms in total. The van der Waals surface area contributed by atoms with Crippen LogP contribution in [0.25, 0.3) is 0 Å². The molecule has 584 valence electrons. The van der Waals surface area contributed by atoms with Gasteiger partial charge in [-0.3, -0.25) is 28.8 Å². The summed E-state index contributed by atoms with van der Waals surface area (Å²) < 4.78 is 28.5. The zero-order chi connectivity index (χ0) is 77.7. The van der Waals surface area contributed by atoms with Crippen molar-refractivity contribution >= 4 is 0 Å². The molecule has 0 saturated carbocycles. The van der Waals surface area contributed by atoms with Crippen molar-refractivity contribution in [3.63, 3.8) is 0 Å². The van der Waals surface area contributed by atoms with Gasteiger partial charge >= 0.3 is 5.85 Å². The van der Waals surface area contributed by atoms with Crippen LogP contribution >= 0.6 is 0 Å². The average molecular weight is 1380 g/mol. The predicted octanol–water partition coefficient (Wildman–Crippen LogP) is 17.1. The summed E-state index contributed by atoms with van der Waals surface area (Å²) in [7, 11) is 46.3. The van der Waals surface area contributed by atoms with Crippen molar-refractivity contribution < 1.29 is 37.2 Å². The van der Waals surface area contributed by atoms with Gasteiger partial charge in [-0.05, 0) is 205 Å². The molecular formula is C83H182N10O4+4. The second-order valence-electron chi connectivity index (χ2n) is 38.9. The van der Waals surface area contributed by atoms with Crippen molar-refractivity contribution in [1.82, 2.24) is 31.1 Å². The molecule has 14 heteroatoms. The zero-order valence-electron chi connectivity index (χ0n) is 75.0. The van der Waals surface area contributed by atoms with Crippen molar-refractivity contribution in [1.29, 1.82) is 0 Å². The lowest BCUT2D eigenvalue weighted by molar-refractivity contribution is -1.04. The Labute approximate surface area is 608 Å². The Bertz CT molecular complexity index is 2330. The minimum Gasteiger partial charge on any atom is -0.386 e. The smallest absolute Gasteiger partial charge is 0.320 e. The Morgan fingerprint density at radius 3 is 1.05 bits per heavy atom. The van der Waals surface area contributed by atoms with Crippen LogP contribution < -0.4 is 21.3 Å². The maximum atomic E-state index is 16.3. The molecule has 0 amide bonds. The van der Waals surface area contributed by atoms with E-state index in [1.54, 1.807) is 0 Å². The predicted molar refractivity (Wildman–Crippen MR) is 424 cm³/mol. The number of aliphatic hydroxyl groups is 1. The highest BCUT2D eigenvalue weighted by atomic mass is 16.6. The zero-order valence-corrected chi connectivity index (χ0v) is 75.0. The normalized spacial score (nSPS) is 20.1. The number of rotatable bonds is 47. The van der Waals surface area contributed by atoms with Gasteiger partial charge in [-0.25, -0.2) is 10.6 Å². The van der Waals surface area contributed by atoms with Gasteiger partial charge in [0.1, 0.15) is 16.8 Å². The number of hydrogen-bond acceptors (Lipinski definition) is 10. The van der Waals surface area contributed by atoms with Crippen molar-refractivity contribution in [2.45, 2.75) is 346 Å². The number of nitrogens with zero attached hydrogens (tertiary/aromatic N) is 6. The molecule has 0 radical (unpaired) electrons. The van der Waals surface area contributed by atoms with Crippen molar-refractivity contribution in [2.75, 3.05) is 141 Å². The molecule has 0 aromatic rings. The van der Waals surface area contributed by atoms with E-state index in [9.17, 15) is 4.74 Å². The van der Waals surface area contributed by atoms with Crippen LogP contribution in [-0.4, -0.2) is 230 Å². The number of quaternary nitrogens is 4. The van der Waals surface area contributed by atoms with Gasteiger partial charge in [0.25, 0.3) is 5.85 Å². The van der Waals surface area contributed by atoms with Crippen LogP contribution in [0.4, 0.5) is 0 Å². The standard InChI is InChI=1S/C83H182N10O4/c1-48-70(24,49-2)72(26,90(36,37)38)83(87-31,93(45,46)47)97-77(58-11,59-12)81(88(32)33,92(42,43)44)78(65(15)16,73(27,94)76(56-9,57-10)96-82(86-30,89(34)35)79(84-28,66(17)18)71(25,50-3)51-4)63-61-69(22,23)60-62-74(52-5,53-6)95-80(85-29,91(39,40)41)67(64(13)14)75(54-7,55-8)68(19,20)21/h64-67,84-87,94H,48-63H2,1-47H3/q+4. The molecule has 0 aliphatic carbocycles. The lowest BCUT2D eigenvalue weighted by atomic mass is 9.45. The Morgan fingerprint density at radius 2 is 0.814 bits per heavy atom. The van der Waals surface area contributed by atoms with Crippen LogP contribution in [0, 0.1) is 56.2 Å². The van der Waals surface area contributed by atoms with Gasteiger partial charge in [0, 0.05) is 12.3 Å². The summed E-state index contributed by atoms with van der Waals surface area (Å²) >= 11 is 0. The molecule has 0 aromatic heterocycles. The third-order valence-corrected chi connectivity index (χ3v) is 29.8. The molecule has 5 N–H and O–H groups in total. The molecule has 0 rings (SSSR count). The minimum absolute atomic E-state index is 0.0116.